The second-order valence-electron chi connectivity index (χ2n) is 6.09. The van der Waals surface area contributed by atoms with Gasteiger partial charge in [0.2, 0.25) is 5.95 Å². The molecule has 0 spiro atoms. The summed E-state index contributed by atoms with van der Waals surface area (Å²) in [5, 5.41) is 3.48. The molecule has 1 N–H and O–H groups in total. The molecule has 1 aromatic heterocycles. The van der Waals surface area contributed by atoms with Gasteiger partial charge in [-0.25, -0.2) is 4.98 Å². The molecule has 0 amide bonds. The Morgan fingerprint density at radius 2 is 2.16 bits per heavy atom. The zero-order valence-electron chi connectivity index (χ0n) is 12.9. The first kappa shape index (κ1) is 14.4. The molecule has 0 aliphatic heterocycles. The van der Waals surface area contributed by atoms with Crippen LogP contribution >= 0.6 is 0 Å². The molecule has 4 nitrogen and oxygen atoms in total. The van der Waals surface area contributed by atoms with Gasteiger partial charge in [-0.3, -0.25) is 0 Å². The van der Waals surface area contributed by atoms with Crippen molar-refractivity contribution < 1.29 is 0 Å². The lowest BCUT2D eigenvalue weighted by atomic mass is 9.75. The first-order valence-electron chi connectivity index (χ1n) is 7.52. The number of aromatic nitrogens is 2. The molecular weight excluding hydrogens is 236 g/mol. The molecule has 19 heavy (non-hydrogen) atoms. The number of aryl methyl sites for hydroxylation is 1. The van der Waals surface area contributed by atoms with Crippen LogP contribution in [0.5, 0.6) is 0 Å². The maximum atomic E-state index is 4.62. The first-order chi connectivity index (χ1) is 9.07. The molecular formula is C15H28N4. The fourth-order valence-corrected chi connectivity index (χ4v) is 2.83. The Balaban J connectivity index is 2.06. The topological polar surface area (TPSA) is 33.1 Å². The van der Waals surface area contributed by atoms with Gasteiger partial charge in [0.1, 0.15) is 0 Å². The zero-order valence-corrected chi connectivity index (χ0v) is 12.9. The summed E-state index contributed by atoms with van der Waals surface area (Å²) in [6.07, 6.45) is 8.54. The number of imidazole rings is 1. The van der Waals surface area contributed by atoms with Crippen molar-refractivity contribution in [3.05, 3.63) is 11.9 Å². The van der Waals surface area contributed by atoms with E-state index in [1.807, 2.05) is 0 Å². The molecule has 1 saturated carbocycles. The van der Waals surface area contributed by atoms with Crippen LogP contribution in [0.2, 0.25) is 0 Å². The van der Waals surface area contributed by atoms with Gasteiger partial charge >= 0.3 is 0 Å². The van der Waals surface area contributed by atoms with E-state index in [0.29, 0.717) is 5.54 Å². The lowest BCUT2D eigenvalue weighted by molar-refractivity contribution is 0.0429. The summed E-state index contributed by atoms with van der Waals surface area (Å²) >= 11 is 0. The lowest BCUT2D eigenvalue weighted by Gasteiger charge is -2.47. The summed E-state index contributed by atoms with van der Waals surface area (Å²) in [6, 6.07) is 0. The molecule has 0 unspecified atom stereocenters. The van der Waals surface area contributed by atoms with Crippen molar-refractivity contribution in [2.75, 3.05) is 26.0 Å². The zero-order chi connectivity index (χ0) is 13.9. The normalized spacial score (nSPS) is 17.5. The highest BCUT2D eigenvalue weighted by Crippen LogP contribution is 2.38. The van der Waals surface area contributed by atoms with Crippen molar-refractivity contribution in [3.8, 4) is 0 Å². The number of rotatable bonds is 7. The van der Waals surface area contributed by atoms with E-state index in [9.17, 15) is 0 Å². The molecule has 0 radical (unpaired) electrons. The van der Waals surface area contributed by atoms with Crippen molar-refractivity contribution in [2.45, 2.75) is 58.0 Å². The van der Waals surface area contributed by atoms with Crippen molar-refractivity contribution >= 4 is 5.95 Å². The molecule has 2 rings (SSSR count). The van der Waals surface area contributed by atoms with Crippen LogP contribution in [0.4, 0.5) is 5.95 Å². The average molecular weight is 264 g/mol. The van der Waals surface area contributed by atoms with E-state index < -0.39 is 0 Å². The predicted molar refractivity (Wildman–Crippen MR) is 80.6 cm³/mol. The van der Waals surface area contributed by atoms with Crippen LogP contribution in [0.3, 0.4) is 0 Å². The van der Waals surface area contributed by atoms with Gasteiger partial charge in [0.25, 0.3) is 0 Å². The number of likely N-dealkylation sites (N-methyl/N-ethyl adjacent to an activating group) is 1. The van der Waals surface area contributed by atoms with Crippen molar-refractivity contribution in [2.24, 2.45) is 0 Å². The van der Waals surface area contributed by atoms with Gasteiger partial charge in [-0.15, -0.1) is 0 Å². The highest BCUT2D eigenvalue weighted by Gasteiger charge is 2.39. The third-order valence-corrected chi connectivity index (χ3v) is 4.41. The number of nitrogens with one attached hydrogen (secondary N) is 1. The summed E-state index contributed by atoms with van der Waals surface area (Å²) < 4.78 is 2.31. The molecule has 0 aromatic carbocycles. The van der Waals surface area contributed by atoms with Gasteiger partial charge in [0.05, 0.1) is 5.69 Å². The van der Waals surface area contributed by atoms with E-state index in [4.69, 9.17) is 0 Å². The van der Waals surface area contributed by atoms with E-state index in [1.165, 1.54) is 32.1 Å². The number of hydrogen-bond donors (Lipinski definition) is 1. The summed E-state index contributed by atoms with van der Waals surface area (Å²) in [7, 11) is 4.40. The third kappa shape index (κ3) is 3.11. The second-order valence-corrected chi connectivity index (χ2v) is 6.09. The van der Waals surface area contributed by atoms with Crippen LogP contribution in [0, 0.1) is 6.92 Å². The van der Waals surface area contributed by atoms with Gasteiger partial charge in [-0.2, -0.15) is 0 Å². The summed E-state index contributed by atoms with van der Waals surface area (Å²) in [4.78, 5) is 7.01. The van der Waals surface area contributed by atoms with Crippen molar-refractivity contribution in [3.63, 3.8) is 0 Å². The molecule has 4 heteroatoms. The third-order valence-electron chi connectivity index (χ3n) is 4.41. The number of unbranched alkanes of at least 4 members (excludes halogenated alkanes) is 1. The van der Waals surface area contributed by atoms with E-state index in [0.717, 1.165) is 24.7 Å². The monoisotopic (exact) mass is 264 g/mol. The molecule has 1 heterocycles. The Labute approximate surface area is 117 Å². The summed E-state index contributed by atoms with van der Waals surface area (Å²) in [5.74, 6) is 1.04. The van der Waals surface area contributed by atoms with Crippen molar-refractivity contribution in [1.82, 2.24) is 14.5 Å². The van der Waals surface area contributed by atoms with Crippen molar-refractivity contribution in [1.29, 1.82) is 0 Å². The summed E-state index contributed by atoms with van der Waals surface area (Å²) in [6.45, 7) is 6.36. The fourth-order valence-electron chi connectivity index (χ4n) is 2.83. The van der Waals surface area contributed by atoms with Gasteiger partial charge in [0, 0.05) is 24.8 Å². The Bertz CT molecular complexity index is 404. The molecule has 1 fully saturated rings. The standard InChI is InChI=1S/C15H28N4/c1-5-6-10-16-14-17-13(2)11-19(14)12-15(18(3)4)8-7-9-15/h11H,5-10,12H2,1-4H3,(H,16,17). The minimum absolute atomic E-state index is 0.342. The molecule has 0 atom stereocenters. The highest BCUT2D eigenvalue weighted by atomic mass is 15.3. The molecule has 1 aromatic rings. The minimum Gasteiger partial charge on any atom is -0.356 e. The fraction of sp³-hybridized carbons (Fsp3) is 0.800. The Morgan fingerprint density at radius 1 is 1.42 bits per heavy atom. The second kappa shape index (κ2) is 5.95. The highest BCUT2D eigenvalue weighted by molar-refractivity contribution is 5.29. The van der Waals surface area contributed by atoms with Crippen LogP contribution in [-0.2, 0) is 6.54 Å². The maximum absolute atomic E-state index is 4.62. The summed E-state index contributed by atoms with van der Waals surface area (Å²) in [5.41, 5.74) is 1.45. The van der Waals surface area contributed by atoms with E-state index >= 15 is 0 Å². The Hall–Kier alpha value is -1.03. The molecule has 1 aliphatic rings. The van der Waals surface area contributed by atoms with Gasteiger partial charge in [-0.05, 0) is 46.7 Å². The molecule has 108 valence electrons. The first-order valence-corrected chi connectivity index (χ1v) is 7.52. The largest absolute Gasteiger partial charge is 0.356 e. The van der Waals surface area contributed by atoms with Gasteiger partial charge in [-0.1, -0.05) is 13.3 Å². The molecule has 0 saturated heterocycles. The minimum atomic E-state index is 0.342. The molecule has 1 aliphatic carbocycles. The van der Waals surface area contributed by atoms with Crippen LogP contribution in [0.25, 0.3) is 0 Å². The number of nitrogens with zero attached hydrogens (tertiary/aromatic N) is 3. The Kier molecular flexibility index (Phi) is 4.50. The van der Waals surface area contributed by atoms with Crippen LogP contribution in [0.15, 0.2) is 6.20 Å². The van der Waals surface area contributed by atoms with Crippen LogP contribution in [0.1, 0.15) is 44.7 Å². The van der Waals surface area contributed by atoms with Gasteiger partial charge < -0.3 is 14.8 Å². The van der Waals surface area contributed by atoms with Crippen LogP contribution in [-0.4, -0.2) is 40.6 Å². The quantitative estimate of drug-likeness (QED) is 0.769. The van der Waals surface area contributed by atoms with E-state index in [-0.39, 0.29) is 0 Å². The van der Waals surface area contributed by atoms with E-state index in [2.05, 4.69) is 53.9 Å². The lowest BCUT2D eigenvalue weighted by Crippen LogP contribution is -2.53. The average Bonchev–Trinajstić information content (AvgIpc) is 2.64. The molecule has 0 bridgehead atoms. The van der Waals surface area contributed by atoms with Gasteiger partial charge in [0.15, 0.2) is 0 Å². The predicted octanol–water partition coefficient (Wildman–Crippen LogP) is 2.89. The van der Waals surface area contributed by atoms with Crippen LogP contribution < -0.4 is 5.32 Å². The maximum Gasteiger partial charge on any atom is 0.203 e. The number of anilines is 1. The smallest absolute Gasteiger partial charge is 0.203 e. The Morgan fingerprint density at radius 3 is 2.68 bits per heavy atom. The number of hydrogen-bond acceptors (Lipinski definition) is 3. The SMILES string of the molecule is CCCCNc1nc(C)cn1CC1(N(C)C)CCC1. The van der Waals surface area contributed by atoms with E-state index in [1.54, 1.807) is 0 Å².